The molecule has 1 aliphatic carbocycles. The Morgan fingerprint density at radius 2 is 1.50 bits per heavy atom. The summed E-state index contributed by atoms with van der Waals surface area (Å²) in [5.41, 5.74) is 1.13. The van der Waals surface area contributed by atoms with Gasteiger partial charge in [-0.05, 0) is 61.7 Å². The molecular formula is C32H31NO8S. The van der Waals surface area contributed by atoms with Crippen LogP contribution in [0.4, 0.5) is 0 Å². The minimum atomic E-state index is -4.25. The van der Waals surface area contributed by atoms with Gasteiger partial charge in [-0.2, -0.15) is 0 Å². The molecule has 1 aromatic heterocycles. The molecule has 218 valence electrons. The first-order valence-electron chi connectivity index (χ1n) is 13.6. The Morgan fingerprint density at radius 1 is 0.881 bits per heavy atom. The molecule has 4 aromatic rings. The van der Waals surface area contributed by atoms with Gasteiger partial charge >= 0.3 is 17.9 Å². The van der Waals surface area contributed by atoms with E-state index in [0.29, 0.717) is 22.1 Å². The van der Waals surface area contributed by atoms with Crippen LogP contribution in [0.5, 0.6) is 0 Å². The van der Waals surface area contributed by atoms with Gasteiger partial charge in [0, 0.05) is 18.2 Å². The molecule has 0 N–H and O–H groups in total. The fourth-order valence-electron chi connectivity index (χ4n) is 5.66. The van der Waals surface area contributed by atoms with Crippen LogP contribution in [0.25, 0.3) is 22.2 Å². The maximum absolute atomic E-state index is 14.5. The molecule has 0 saturated heterocycles. The van der Waals surface area contributed by atoms with Crippen molar-refractivity contribution < 1.29 is 37.0 Å². The van der Waals surface area contributed by atoms with E-state index in [2.05, 4.69) is 0 Å². The van der Waals surface area contributed by atoms with Gasteiger partial charge in [0.15, 0.2) is 5.41 Å². The number of benzene rings is 3. The SMILES string of the molecule is CCOC(=O)C1(C(=O)OCC)Cc2cc(C(=O)OC)cc3c2c(c(-c2ccccc2)n3S(=O)(=O)c2ccc(C)cc2)C1. The predicted molar refractivity (Wildman–Crippen MR) is 156 cm³/mol. The molecule has 0 amide bonds. The van der Waals surface area contributed by atoms with Crippen LogP contribution in [0.1, 0.15) is 40.9 Å². The summed E-state index contributed by atoms with van der Waals surface area (Å²) in [7, 11) is -3.03. The average molecular weight is 590 g/mol. The highest BCUT2D eigenvalue weighted by molar-refractivity contribution is 7.90. The van der Waals surface area contributed by atoms with E-state index < -0.39 is 33.3 Å². The zero-order valence-electron chi connectivity index (χ0n) is 23.8. The summed E-state index contributed by atoms with van der Waals surface area (Å²) < 4.78 is 45.9. The van der Waals surface area contributed by atoms with Gasteiger partial charge in [0.2, 0.25) is 0 Å². The molecule has 0 unspecified atom stereocenters. The summed E-state index contributed by atoms with van der Waals surface area (Å²) in [6, 6.07) is 18.4. The van der Waals surface area contributed by atoms with Crippen molar-refractivity contribution in [1.82, 2.24) is 3.97 Å². The number of nitrogens with zero attached hydrogens (tertiary/aromatic N) is 1. The van der Waals surface area contributed by atoms with Gasteiger partial charge in [-0.15, -0.1) is 0 Å². The number of hydrogen-bond acceptors (Lipinski definition) is 8. The predicted octanol–water partition coefficient (Wildman–Crippen LogP) is 4.85. The average Bonchev–Trinajstić information content (AvgIpc) is 3.32. The van der Waals surface area contributed by atoms with Gasteiger partial charge in [-0.1, -0.05) is 48.0 Å². The first-order valence-corrected chi connectivity index (χ1v) is 15.0. The molecule has 0 radical (unpaired) electrons. The Bertz CT molecular complexity index is 1790. The van der Waals surface area contributed by atoms with E-state index in [0.717, 1.165) is 5.56 Å². The van der Waals surface area contributed by atoms with Crippen LogP contribution in [-0.4, -0.2) is 50.6 Å². The molecule has 0 aliphatic heterocycles. The van der Waals surface area contributed by atoms with Gasteiger partial charge in [0.25, 0.3) is 10.0 Å². The number of methoxy groups -OCH3 is 1. The second kappa shape index (κ2) is 11.1. The topological polar surface area (TPSA) is 118 Å². The Hall–Kier alpha value is -4.44. The highest BCUT2D eigenvalue weighted by atomic mass is 32.2. The molecule has 0 fully saturated rings. The fourth-order valence-corrected chi connectivity index (χ4v) is 7.21. The van der Waals surface area contributed by atoms with Gasteiger partial charge in [-0.25, -0.2) is 17.2 Å². The molecule has 0 bridgehead atoms. The van der Waals surface area contributed by atoms with Crippen molar-refractivity contribution in [2.45, 2.75) is 38.5 Å². The molecule has 0 atom stereocenters. The second-order valence-corrected chi connectivity index (χ2v) is 12.0. The van der Waals surface area contributed by atoms with Crippen molar-refractivity contribution in [2.24, 2.45) is 5.41 Å². The standard InChI is InChI=1S/C32H31NO8S/c1-5-40-30(35)32(31(36)41-6-2)18-23-16-22(29(34)39-4)17-26-27(23)25(19-32)28(21-10-8-7-9-11-21)33(26)42(37,38)24-14-12-20(3)13-15-24/h7-17H,5-6,18-19H2,1-4H3. The minimum Gasteiger partial charge on any atom is -0.465 e. The number of carbonyl (C=O) groups is 3. The maximum Gasteiger partial charge on any atom is 0.337 e. The van der Waals surface area contributed by atoms with E-state index in [-0.39, 0.29) is 47.7 Å². The van der Waals surface area contributed by atoms with Crippen molar-refractivity contribution in [2.75, 3.05) is 20.3 Å². The molecule has 0 spiro atoms. The lowest BCUT2D eigenvalue weighted by Crippen LogP contribution is -2.47. The van der Waals surface area contributed by atoms with Crippen LogP contribution in [0, 0.1) is 12.3 Å². The fraction of sp³-hybridized carbons (Fsp3) is 0.281. The zero-order chi connectivity index (χ0) is 30.2. The van der Waals surface area contributed by atoms with E-state index >= 15 is 0 Å². The molecule has 9 nitrogen and oxygen atoms in total. The second-order valence-electron chi connectivity index (χ2n) is 10.2. The zero-order valence-corrected chi connectivity index (χ0v) is 24.6. The summed E-state index contributed by atoms with van der Waals surface area (Å²) in [6.07, 6.45) is -0.311. The lowest BCUT2D eigenvalue weighted by atomic mass is 9.70. The Morgan fingerprint density at radius 3 is 2.07 bits per heavy atom. The van der Waals surface area contributed by atoms with E-state index in [1.165, 1.54) is 29.3 Å². The molecule has 10 heteroatoms. The molecule has 3 aromatic carbocycles. The van der Waals surface area contributed by atoms with Crippen molar-refractivity contribution in [3.8, 4) is 11.3 Å². The number of rotatable bonds is 8. The highest BCUT2D eigenvalue weighted by Crippen LogP contribution is 2.48. The van der Waals surface area contributed by atoms with Crippen molar-refractivity contribution in [3.63, 3.8) is 0 Å². The van der Waals surface area contributed by atoms with Crippen LogP contribution in [-0.2, 0) is 46.7 Å². The maximum atomic E-state index is 14.5. The third-order valence-corrected chi connectivity index (χ3v) is 9.27. The largest absolute Gasteiger partial charge is 0.465 e. The number of aromatic nitrogens is 1. The Labute approximate surface area is 244 Å². The van der Waals surface area contributed by atoms with Crippen LogP contribution < -0.4 is 0 Å². The molecule has 42 heavy (non-hydrogen) atoms. The van der Waals surface area contributed by atoms with Crippen LogP contribution in [0.2, 0.25) is 0 Å². The third-order valence-electron chi connectivity index (χ3n) is 7.54. The van der Waals surface area contributed by atoms with Crippen LogP contribution in [0.3, 0.4) is 0 Å². The lowest BCUT2D eigenvalue weighted by Gasteiger charge is -2.33. The van der Waals surface area contributed by atoms with Gasteiger partial charge in [0.05, 0.1) is 42.0 Å². The van der Waals surface area contributed by atoms with Gasteiger partial charge in [-0.3, -0.25) is 9.59 Å². The first kappa shape index (κ1) is 29.1. The summed E-state index contributed by atoms with van der Waals surface area (Å²) in [4.78, 5) is 40.1. The number of aryl methyl sites for hydroxylation is 1. The van der Waals surface area contributed by atoms with Gasteiger partial charge in [0.1, 0.15) is 0 Å². The molecule has 5 rings (SSSR count). The Kier molecular flexibility index (Phi) is 7.68. The van der Waals surface area contributed by atoms with Crippen LogP contribution in [0.15, 0.2) is 71.6 Å². The summed E-state index contributed by atoms with van der Waals surface area (Å²) >= 11 is 0. The summed E-state index contributed by atoms with van der Waals surface area (Å²) in [5.74, 6) is -2.25. The van der Waals surface area contributed by atoms with Crippen molar-refractivity contribution in [3.05, 3.63) is 89.0 Å². The smallest absolute Gasteiger partial charge is 0.337 e. The van der Waals surface area contributed by atoms with Crippen molar-refractivity contribution >= 4 is 38.8 Å². The molecule has 1 aliphatic rings. The molecule has 0 saturated carbocycles. The number of carbonyl (C=O) groups excluding carboxylic acids is 3. The lowest BCUT2D eigenvalue weighted by molar-refractivity contribution is -0.172. The molecule has 1 heterocycles. The quantitative estimate of drug-likeness (QED) is 0.163. The number of hydrogen-bond donors (Lipinski definition) is 0. The highest BCUT2D eigenvalue weighted by Gasteiger charge is 2.53. The minimum absolute atomic E-state index is 0.0266. The van der Waals surface area contributed by atoms with E-state index in [1.807, 2.05) is 6.92 Å². The summed E-state index contributed by atoms with van der Waals surface area (Å²) in [6.45, 7) is 5.19. The number of ether oxygens (including phenoxy) is 3. The first-order chi connectivity index (χ1) is 20.1. The van der Waals surface area contributed by atoms with Crippen molar-refractivity contribution in [1.29, 1.82) is 0 Å². The number of esters is 3. The third kappa shape index (κ3) is 4.65. The normalized spacial score (nSPS) is 13.9. The van der Waals surface area contributed by atoms with Gasteiger partial charge < -0.3 is 14.2 Å². The Balaban J connectivity index is 1.94. The molecular weight excluding hydrogens is 558 g/mol. The van der Waals surface area contributed by atoms with Crippen LogP contribution >= 0.6 is 0 Å². The monoisotopic (exact) mass is 589 g/mol. The van der Waals surface area contributed by atoms with E-state index in [9.17, 15) is 22.8 Å². The van der Waals surface area contributed by atoms with E-state index in [1.54, 1.807) is 62.4 Å². The summed E-state index contributed by atoms with van der Waals surface area (Å²) in [5, 5.41) is 0.543. The van der Waals surface area contributed by atoms with E-state index in [4.69, 9.17) is 14.2 Å².